The largest absolute Gasteiger partial charge is 0.332 e. The molecule has 0 fully saturated rings. The molecule has 19 heavy (non-hydrogen) atoms. The highest BCUT2D eigenvalue weighted by Crippen LogP contribution is 2.26. The average molecular weight is 281 g/mol. The molecule has 0 bridgehead atoms. The highest BCUT2D eigenvalue weighted by molar-refractivity contribution is 8.14. The van der Waals surface area contributed by atoms with E-state index >= 15 is 0 Å². The van der Waals surface area contributed by atoms with Gasteiger partial charge in [-0.2, -0.15) is 0 Å². The second-order valence-electron chi connectivity index (χ2n) is 4.49. The molecule has 0 aliphatic carbocycles. The van der Waals surface area contributed by atoms with E-state index in [1.54, 1.807) is 14.0 Å². The Kier molecular flexibility index (Phi) is 3.75. The van der Waals surface area contributed by atoms with Gasteiger partial charge in [0.15, 0.2) is 0 Å². The predicted molar refractivity (Wildman–Crippen MR) is 75.5 cm³/mol. The van der Waals surface area contributed by atoms with Crippen LogP contribution in [0.4, 0.5) is 5.82 Å². The molecule has 0 unspecified atom stereocenters. The summed E-state index contributed by atoms with van der Waals surface area (Å²) < 4.78 is 2.48. The van der Waals surface area contributed by atoms with E-state index in [9.17, 15) is 14.4 Å². The van der Waals surface area contributed by atoms with Gasteiger partial charge in [-0.1, -0.05) is 0 Å². The molecule has 102 valence electrons. The molecule has 0 N–H and O–H groups in total. The summed E-state index contributed by atoms with van der Waals surface area (Å²) in [5.74, 6) is 1.22. The number of aromatic nitrogens is 2. The Balaban J connectivity index is 2.27. The van der Waals surface area contributed by atoms with Crippen LogP contribution >= 0.6 is 11.8 Å². The Bertz CT molecular complexity index is 685. The maximum absolute atomic E-state index is 12.0. The second-order valence-corrected chi connectivity index (χ2v) is 5.66. The quantitative estimate of drug-likeness (QED) is 0.803. The van der Waals surface area contributed by atoms with Crippen molar-refractivity contribution >= 4 is 28.4 Å². The number of rotatable bonds is 3. The Morgan fingerprint density at radius 2 is 2.00 bits per heavy atom. The van der Waals surface area contributed by atoms with Crippen LogP contribution in [0.5, 0.6) is 0 Å². The van der Waals surface area contributed by atoms with Crippen LogP contribution in [-0.2, 0) is 25.3 Å². The van der Waals surface area contributed by atoms with Crippen LogP contribution in [0.2, 0.25) is 0 Å². The fourth-order valence-corrected chi connectivity index (χ4v) is 2.93. The molecule has 7 heteroatoms. The number of hydrogen-bond acceptors (Lipinski definition) is 5. The summed E-state index contributed by atoms with van der Waals surface area (Å²) in [6, 6.07) is 0. The first-order valence-corrected chi connectivity index (χ1v) is 6.89. The summed E-state index contributed by atoms with van der Waals surface area (Å²) >= 11 is 1.46. The standard InChI is InChI=1S/C12H15N3O3S/c1-7(16)4-5-19-9-6-8-10(13-9)14(2)12(18)15(3)11(8)17/h4-6H2,1-3H3. The number of nitrogens with zero attached hydrogens (tertiary/aromatic N) is 3. The van der Waals surface area contributed by atoms with Gasteiger partial charge in [0.1, 0.15) is 11.6 Å². The lowest BCUT2D eigenvalue weighted by atomic mass is 10.2. The first kappa shape index (κ1) is 13.8. The molecule has 1 aliphatic heterocycles. The number of carbonyl (C=O) groups excluding carboxylic acids is 1. The number of carbonyl (C=O) groups is 1. The number of Topliss-reactive ketones (excluding diaryl/α,β-unsaturated/α-hetero) is 1. The minimum Gasteiger partial charge on any atom is -0.300 e. The summed E-state index contributed by atoms with van der Waals surface area (Å²) in [7, 11) is 3.07. The Labute approximate surface area is 114 Å². The van der Waals surface area contributed by atoms with Crippen molar-refractivity contribution in [1.29, 1.82) is 0 Å². The van der Waals surface area contributed by atoms with Gasteiger partial charge < -0.3 is 0 Å². The van der Waals surface area contributed by atoms with Gasteiger partial charge in [-0.25, -0.2) is 9.79 Å². The number of hydrogen-bond donors (Lipinski definition) is 0. The van der Waals surface area contributed by atoms with E-state index < -0.39 is 0 Å². The first-order chi connectivity index (χ1) is 8.91. The molecular weight excluding hydrogens is 266 g/mol. The summed E-state index contributed by atoms with van der Waals surface area (Å²) in [5.41, 5.74) is -0.110. The van der Waals surface area contributed by atoms with Crippen LogP contribution < -0.4 is 11.2 Å². The fourth-order valence-electron chi connectivity index (χ4n) is 1.90. The minimum absolute atomic E-state index is 0.131. The van der Waals surface area contributed by atoms with E-state index in [1.807, 2.05) is 0 Å². The van der Waals surface area contributed by atoms with E-state index in [2.05, 4.69) is 4.99 Å². The molecule has 2 heterocycles. The van der Waals surface area contributed by atoms with Crippen LogP contribution in [0.25, 0.3) is 0 Å². The van der Waals surface area contributed by atoms with Gasteiger partial charge in [0.25, 0.3) is 5.56 Å². The monoisotopic (exact) mass is 281 g/mol. The lowest BCUT2D eigenvalue weighted by Gasteiger charge is -2.05. The highest BCUT2D eigenvalue weighted by Gasteiger charge is 2.23. The third-order valence-electron chi connectivity index (χ3n) is 3.01. The van der Waals surface area contributed by atoms with Crippen LogP contribution in [0, 0.1) is 0 Å². The number of aliphatic imine (C=N–C) groups is 1. The average Bonchev–Trinajstić information content (AvgIpc) is 2.77. The Hall–Kier alpha value is -1.63. The van der Waals surface area contributed by atoms with E-state index in [1.165, 1.54) is 23.4 Å². The maximum atomic E-state index is 12.0. The maximum Gasteiger partial charge on any atom is 0.332 e. The van der Waals surface area contributed by atoms with Gasteiger partial charge in [0, 0.05) is 32.7 Å². The lowest BCUT2D eigenvalue weighted by molar-refractivity contribution is -0.116. The zero-order valence-corrected chi connectivity index (χ0v) is 11.9. The minimum atomic E-state index is -0.373. The van der Waals surface area contributed by atoms with Gasteiger partial charge in [-0.15, -0.1) is 11.8 Å². The van der Waals surface area contributed by atoms with E-state index in [0.29, 0.717) is 30.0 Å². The van der Waals surface area contributed by atoms with Crippen molar-refractivity contribution in [2.75, 3.05) is 5.75 Å². The zero-order chi connectivity index (χ0) is 14.2. The molecule has 2 rings (SSSR count). The molecule has 1 aliphatic rings. The summed E-state index contributed by atoms with van der Waals surface area (Å²) in [4.78, 5) is 38.9. The second kappa shape index (κ2) is 5.16. The molecule has 1 aromatic heterocycles. The predicted octanol–water partition coefficient (Wildman–Crippen LogP) is 0.382. The summed E-state index contributed by atoms with van der Waals surface area (Å²) in [6.45, 7) is 1.55. The Morgan fingerprint density at radius 1 is 1.32 bits per heavy atom. The van der Waals surface area contributed by atoms with E-state index in [0.717, 1.165) is 9.61 Å². The van der Waals surface area contributed by atoms with Crippen molar-refractivity contribution < 1.29 is 4.79 Å². The Morgan fingerprint density at radius 3 is 2.63 bits per heavy atom. The molecule has 0 saturated carbocycles. The molecule has 0 atom stereocenters. The van der Waals surface area contributed by atoms with Crippen molar-refractivity contribution in [1.82, 2.24) is 9.13 Å². The van der Waals surface area contributed by atoms with Crippen molar-refractivity contribution in [2.24, 2.45) is 19.1 Å². The molecule has 6 nitrogen and oxygen atoms in total. The summed E-state index contributed by atoms with van der Waals surface area (Å²) in [6.07, 6.45) is 0.926. The number of fused-ring (bicyclic) bond motifs is 1. The molecule has 0 amide bonds. The molecule has 1 aromatic rings. The molecular formula is C12H15N3O3S. The topological polar surface area (TPSA) is 73.4 Å². The molecule has 0 spiro atoms. The van der Waals surface area contributed by atoms with Crippen molar-refractivity contribution in [3.63, 3.8) is 0 Å². The van der Waals surface area contributed by atoms with Gasteiger partial charge in [-0.3, -0.25) is 18.7 Å². The van der Waals surface area contributed by atoms with Crippen LogP contribution in [-0.4, -0.2) is 25.7 Å². The van der Waals surface area contributed by atoms with E-state index in [4.69, 9.17) is 0 Å². The molecule has 0 saturated heterocycles. The van der Waals surface area contributed by atoms with Crippen molar-refractivity contribution in [3.8, 4) is 0 Å². The van der Waals surface area contributed by atoms with Crippen LogP contribution in [0.1, 0.15) is 18.9 Å². The summed E-state index contributed by atoms with van der Waals surface area (Å²) in [5, 5.41) is 0.787. The third kappa shape index (κ3) is 2.56. The number of thioether (sulfide) groups is 1. The third-order valence-corrected chi connectivity index (χ3v) is 3.98. The normalized spacial score (nSPS) is 13.3. The molecule has 0 radical (unpaired) electrons. The van der Waals surface area contributed by atoms with Gasteiger partial charge in [-0.05, 0) is 6.92 Å². The first-order valence-electron chi connectivity index (χ1n) is 5.90. The SMILES string of the molecule is CC(=O)CCSC1=Nc2c(c(=O)n(C)c(=O)n2C)C1. The number of ketones is 1. The lowest BCUT2D eigenvalue weighted by Crippen LogP contribution is -2.38. The van der Waals surface area contributed by atoms with Gasteiger partial charge in [0.05, 0.1) is 10.6 Å². The molecule has 0 aromatic carbocycles. The van der Waals surface area contributed by atoms with Crippen molar-refractivity contribution in [3.05, 3.63) is 26.4 Å². The van der Waals surface area contributed by atoms with Gasteiger partial charge in [0.2, 0.25) is 0 Å². The highest BCUT2D eigenvalue weighted by atomic mass is 32.2. The fraction of sp³-hybridized carbons (Fsp3) is 0.500. The van der Waals surface area contributed by atoms with Gasteiger partial charge >= 0.3 is 5.69 Å². The van der Waals surface area contributed by atoms with Crippen molar-refractivity contribution in [2.45, 2.75) is 19.8 Å². The zero-order valence-electron chi connectivity index (χ0n) is 11.1. The van der Waals surface area contributed by atoms with Crippen LogP contribution in [0.3, 0.4) is 0 Å². The smallest absolute Gasteiger partial charge is 0.300 e. The van der Waals surface area contributed by atoms with Crippen LogP contribution in [0.15, 0.2) is 14.6 Å². The van der Waals surface area contributed by atoms with E-state index in [-0.39, 0.29) is 17.0 Å².